The van der Waals surface area contributed by atoms with E-state index < -0.39 is 0 Å². The number of pyridine rings is 1. The zero-order valence-corrected chi connectivity index (χ0v) is 18.4. The Hall–Kier alpha value is -2.80. The minimum atomic E-state index is 0.478. The lowest BCUT2D eigenvalue weighted by molar-refractivity contribution is 0.166. The number of aromatic nitrogens is 1. The number of nitrogens with one attached hydrogen (secondary N) is 2. The summed E-state index contributed by atoms with van der Waals surface area (Å²) in [7, 11) is 5.77. The van der Waals surface area contributed by atoms with Crippen molar-refractivity contribution < 1.29 is 9.47 Å². The van der Waals surface area contributed by atoms with Crippen LogP contribution in [0.2, 0.25) is 0 Å². The summed E-state index contributed by atoms with van der Waals surface area (Å²) in [5.74, 6) is 3.09. The second-order valence-corrected chi connectivity index (χ2v) is 7.81. The number of aryl methyl sites for hydroxylation is 1. The Morgan fingerprint density at radius 1 is 1.23 bits per heavy atom. The van der Waals surface area contributed by atoms with Crippen LogP contribution in [-0.4, -0.2) is 51.9 Å². The van der Waals surface area contributed by atoms with E-state index >= 15 is 0 Å². The Kier molecular flexibility index (Phi) is 7.90. The van der Waals surface area contributed by atoms with Crippen molar-refractivity contribution >= 4 is 11.8 Å². The average Bonchev–Trinajstić information content (AvgIpc) is 3.27. The summed E-state index contributed by atoms with van der Waals surface area (Å²) >= 11 is 0. The van der Waals surface area contributed by atoms with Crippen molar-refractivity contribution in [2.24, 2.45) is 10.9 Å². The Morgan fingerprint density at radius 2 is 2.03 bits per heavy atom. The lowest BCUT2D eigenvalue weighted by atomic mass is 10.1. The number of rotatable bonds is 8. The second kappa shape index (κ2) is 10.8. The van der Waals surface area contributed by atoms with Crippen LogP contribution in [0.4, 0.5) is 5.82 Å². The molecule has 0 radical (unpaired) electrons. The van der Waals surface area contributed by atoms with Crippen molar-refractivity contribution in [2.45, 2.75) is 26.4 Å². The van der Waals surface area contributed by atoms with E-state index in [1.807, 2.05) is 31.3 Å². The molecule has 7 heteroatoms. The van der Waals surface area contributed by atoms with Gasteiger partial charge in [0.2, 0.25) is 0 Å². The minimum Gasteiger partial charge on any atom is -0.493 e. The largest absolute Gasteiger partial charge is 0.493 e. The molecule has 162 valence electrons. The topological polar surface area (TPSA) is 71.0 Å². The molecule has 0 spiro atoms. The highest BCUT2D eigenvalue weighted by atomic mass is 16.5. The number of anilines is 1. The van der Waals surface area contributed by atoms with E-state index in [2.05, 4.69) is 51.8 Å². The minimum absolute atomic E-state index is 0.478. The van der Waals surface area contributed by atoms with Crippen molar-refractivity contribution in [2.75, 3.05) is 45.9 Å². The Labute approximate surface area is 179 Å². The first-order chi connectivity index (χ1) is 14.6. The molecule has 1 fully saturated rings. The van der Waals surface area contributed by atoms with E-state index in [0.717, 1.165) is 48.3 Å². The molecule has 2 aromatic rings. The van der Waals surface area contributed by atoms with Crippen LogP contribution < -0.4 is 20.3 Å². The van der Waals surface area contributed by atoms with Gasteiger partial charge in [0, 0.05) is 64.1 Å². The predicted molar refractivity (Wildman–Crippen MR) is 121 cm³/mol. The molecular weight excluding hydrogens is 378 g/mol. The van der Waals surface area contributed by atoms with E-state index in [0.29, 0.717) is 25.6 Å². The number of ether oxygens (including phenoxy) is 2. The first-order valence-electron chi connectivity index (χ1n) is 10.4. The lowest BCUT2D eigenvalue weighted by Gasteiger charge is -2.18. The monoisotopic (exact) mass is 411 g/mol. The molecule has 30 heavy (non-hydrogen) atoms. The van der Waals surface area contributed by atoms with Gasteiger partial charge in [0.05, 0.1) is 13.2 Å². The van der Waals surface area contributed by atoms with E-state index in [9.17, 15) is 0 Å². The maximum absolute atomic E-state index is 6.15. The number of hydrogen-bond acceptors (Lipinski definition) is 5. The molecule has 0 saturated carbocycles. The quantitative estimate of drug-likeness (QED) is 0.514. The predicted octanol–water partition coefficient (Wildman–Crippen LogP) is 2.74. The summed E-state index contributed by atoms with van der Waals surface area (Å²) in [5.41, 5.74) is 3.41. The molecule has 3 rings (SSSR count). The molecular formula is C23H33N5O2. The van der Waals surface area contributed by atoms with E-state index in [-0.39, 0.29) is 0 Å². The van der Waals surface area contributed by atoms with Gasteiger partial charge < -0.3 is 25.0 Å². The highest BCUT2D eigenvalue weighted by Gasteiger charge is 2.17. The summed E-state index contributed by atoms with van der Waals surface area (Å²) in [5, 5.41) is 6.77. The highest BCUT2D eigenvalue weighted by molar-refractivity contribution is 5.79. The molecule has 0 aliphatic carbocycles. The van der Waals surface area contributed by atoms with Crippen LogP contribution in [0.15, 0.2) is 41.5 Å². The molecule has 1 aliphatic heterocycles. The Balaban J connectivity index is 1.58. The molecule has 7 nitrogen and oxygen atoms in total. The second-order valence-electron chi connectivity index (χ2n) is 7.81. The smallest absolute Gasteiger partial charge is 0.191 e. The molecule has 2 heterocycles. The zero-order chi connectivity index (χ0) is 21.3. The summed E-state index contributed by atoms with van der Waals surface area (Å²) in [6.45, 7) is 5.67. The molecule has 1 aromatic carbocycles. The fourth-order valence-electron chi connectivity index (χ4n) is 3.41. The third-order valence-corrected chi connectivity index (χ3v) is 5.13. The third-order valence-electron chi connectivity index (χ3n) is 5.13. The third kappa shape index (κ3) is 6.10. The fraction of sp³-hybridized carbons (Fsp3) is 0.478. The first-order valence-corrected chi connectivity index (χ1v) is 10.4. The maximum atomic E-state index is 6.15. The van der Waals surface area contributed by atoms with Gasteiger partial charge in [-0.3, -0.25) is 4.99 Å². The van der Waals surface area contributed by atoms with Gasteiger partial charge in [0.1, 0.15) is 11.6 Å². The molecule has 1 unspecified atom stereocenters. The zero-order valence-electron chi connectivity index (χ0n) is 18.4. The van der Waals surface area contributed by atoms with Gasteiger partial charge in [-0.1, -0.05) is 18.2 Å². The SMILES string of the molecule is CN=C(NCc1ccc(C)cc1OCC1CCOC1)NCc1cccnc1N(C)C. The van der Waals surface area contributed by atoms with Crippen molar-refractivity contribution in [3.63, 3.8) is 0 Å². The number of benzene rings is 1. The van der Waals surface area contributed by atoms with Crippen LogP contribution in [-0.2, 0) is 17.8 Å². The van der Waals surface area contributed by atoms with Gasteiger partial charge >= 0.3 is 0 Å². The molecule has 1 atom stereocenters. The number of aliphatic imine (C=N–C) groups is 1. The average molecular weight is 412 g/mol. The lowest BCUT2D eigenvalue weighted by Crippen LogP contribution is -2.36. The number of hydrogen-bond donors (Lipinski definition) is 2. The van der Waals surface area contributed by atoms with Gasteiger partial charge in [-0.2, -0.15) is 0 Å². The van der Waals surface area contributed by atoms with Crippen molar-refractivity contribution in [1.29, 1.82) is 0 Å². The molecule has 1 aromatic heterocycles. The molecule has 0 amide bonds. The summed E-state index contributed by atoms with van der Waals surface area (Å²) in [4.78, 5) is 10.8. The Morgan fingerprint density at radius 3 is 2.73 bits per heavy atom. The molecule has 1 aliphatic rings. The maximum Gasteiger partial charge on any atom is 0.191 e. The van der Waals surface area contributed by atoms with Crippen LogP contribution in [0, 0.1) is 12.8 Å². The van der Waals surface area contributed by atoms with Crippen LogP contribution in [0.25, 0.3) is 0 Å². The van der Waals surface area contributed by atoms with E-state index in [4.69, 9.17) is 9.47 Å². The summed E-state index contributed by atoms with van der Waals surface area (Å²) < 4.78 is 11.6. The molecule has 1 saturated heterocycles. The van der Waals surface area contributed by atoms with Crippen LogP contribution in [0.1, 0.15) is 23.1 Å². The molecule has 2 N–H and O–H groups in total. The van der Waals surface area contributed by atoms with Crippen molar-refractivity contribution in [3.05, 3.63) is 53.2 Å². The fourth-order valence-corrected chi connectivity index (χ4v) is 3.41. The van der Waals surface area contributed by atoms with Gasteiger partial charge in [0.15, 0.2) is 5.96 Å². The van der Waals surface area contributed by atoms with Crippen LogP contribution >= 0.6 is 0 Å². The molecule has 0 bridgehead atoms. The van der Waals surface area contributed by atoms with Crippen LogP contribution in [0.5, 0.6) is 5.75 Å². The Bertz CT molecular complexity index is 847. The van der Waals surface area contributed by atoms with Crippen LogP contribution in [0.3, 0.4) is 0 Å². The standard InChI is InChI=1S/C23H33N5O2/c1-17-7-8-19(21(12-17)30-16-18-9-11-29-15-18)13-26-23(24-2)27-14-20-6-5-10-25-22(20)28(3)4/h5-8,10,12,18H,9,11,13-16H2,1-4H3,(H2,24,26,27). The van der Waals surface area contributed by atoms with Crippen molar-refractivity contribution in [1.82, 2.24) is 15.6 Å². The first kappa shape index (κ1) is 21.9. The van der Waals surface area contributed by atoms with Gasteiger partial charge in [-0.15, -0.1) is 0 Å². The normalized spacial score (nSPS) is 16.4. The van der Waals surface area contributed by atoms with E-state index in [1.54, 1.807) is 7.05 Å². The summed E-state index contributed by atoms with van der Waals surface area (Å²) in [6.07, 6.45) is 2.88. The summed E-state index contributed by atoms with van der Waals surface area (Å²) in [6, 6.07) is 10.3. The van der Waals surface area contributed by atoms with E-state index in [1.165, 1.54) is 5.56 Å². The van der Waals surface area contributed by atoms with Gasteiger partial charge in [-0.05, 0) is 31.0 Å². The highest BCUT2D eigenvalue weighted by Crippen LogP contribution is 2.22. The number of guanidine groups is 1. The van der Waals surface area contributed by atoms with Crippen molar-refractivity contribution in [3.8, 4) is 5.75 Å². The number of nitrogens with zero attached hydrogens (tertiary/aromatic N) is 3. The van der Waals surface area contributed by atoms with Gasteiger partial charge in [0.25, 0.3) is 0 Å². The van der Waals surface area contributed by atoms with Gasteiger partial charge in [-0.25, -0.2) is 4.98 Å².